The predicted molar refractivity (Wildman–Crippen MR) is 47.9 cm³/mol. The lowest BCUT2D eigenvalue weighted by Gasteiger charge is -2.10. The van der Waals surface area contributed by atoms with Crippen LogP contribution in [0, 0.1) is 4.91 Å². The molecular weight excluding hydrogens is 202 g/mol. The van der Waals surface area contributed by atoms with E-state index in [1.54, 1.807) is 0 Å². The van der Waals surface area contributed by atoms with Crippen molar-refractivity contribution in [2.75, 3.05) is 12.0 Å². The second kappa shape index (κ2) is 6.38. The molecule has 0 heterocycles. The van der Waals surface area contributed by atoms with Crippen molar-refractivity contribution in [3.63, 3.8) is 0 Å². The van der Waals surface area contributed by atoms with E-state index in [4.69, 9.17) is 5.21 Å². The smallest absolute Gasteiger partial charge is 0.388 e. The van der Waals surface area contributed by atoms with Crippen molar-refractivity contribution >= 4 is 21.6 Å². The van der Waals surface area contributed by atoms with Crippen LogP contribution in [0.5, 0.6) is 0 Å². The first kappa shape index (κ1) is 11.9. The van der Waals surface area contributed by atoms with Gasteiger partial charge in [0.05, 0.1) is 0 Å². The Labute approximate surface area is 78.4 Å². The summed E-state index contributed by atoms with van der Waals surface area (Å²) < 4.78 is 0. The van der Waals surface area contributed by atoms with E-state index in [0.29, 0.717) is 5.75 Å². The van der Waals surface area contributed by atoms with Gasteiger partial charge in [-0.25, -0.2) is 5.21 Å². The van der Waals surface area contributed by atoms with Gasteiger partial charge in [0.1, 0.15) is 11.0 Å². The zero-order valence-electron chi connectivity index (χ0n) is 6.84. The number of rotatable bonds is 6. The quantitative estimate of drug-likeness (QED) is 0.504. The van der Waals surface area contributed by atoms with Gasteiger partial charge in [-0.3, -0.25) is 0 Å². The maximum atomic E-state index is 9.96. The molecule has 0 aliphatic heterocycles. The number of aliphatic hydroxyl groups excluding tert-OH is 1. The summed E-state index contributed by atoms with van der Waals surface area (Å²) >= 11 is 0. The Morgan fingerprint density at radius 3 is 2.67 bits per heavy atom. The topological polar surface area (TPSA) is 69.8 Å². The van der Waals surface area contributed by atoms with Crippen LogP contribution in [0.25, 0.3) is 0 Å². The van der Waals surface area contributed by atoms with Crippen molar-refractivity contribution in [3.05, 3.63) is 4.91 Å². The van der Waals surface area contributed by atoms with Crippen molar-refractivity contribution < 1.29 is 20.2 Å². The van der Waals surface area contributed by atoms with Gasteiger partial charge in [0.25, 0.3) is 0 Å². The average Bonchev–Trinajstić information content (AvgIpc) is 1.98. The van der Waals surface area contributed by atoms with Crippen LogP contribution in [0.2, 0.25) is 0 Å². The van der Waals surface area contributed by atoms with Crippen molar-refractivity contribution in [2.24, 2.45) is 0 Å². The first-order valence-corrected chi connectivity index (χ1v) is 5.97. The fourth-order valence-electron chi connectivity index (χ4n) is 0.486. The lowest BCUT2D eigenvalue weighted by molar-refractivity contribution is -0.981. The molecule has 7 heteroatoms. The molecule has 0 spiro atoms. The molecule has 0 aromatic rings. The van der Waals surface area contributed by atoms with Gasteiger partial charge in [-0.1, -0.05) is 21.6 Å². The van der Waals surface area contributed by atoms with Gasteiger partial charge in [-0.15, -0.1) is 0 Å². The largest absolute Gasteiger partial charge is 0.475 e. The molecule has 0 amide bonds. The highest BCUT2D eigenvalue weighted by molar-refractivity contribution is 8.76. The lowest BCUT2D eigenvalue weighted by atomic mass is 10.3. The number of nitrogens with zero attached hydrogens (tertiary/aromatic N) is 1. The van der Waals surface area contributed by atoms with Crippen molar-refractivity contribution in [3.8, 4) is 0 Å². The van der Waals surface area contributed by atoms with E-state index < -0.39 is 17.3 Å². The summed E-state index contributed by atoms with van der Waals surface area (Å²) in [5.74, 6) is 0.455. The molecule has 5 nitrogen and oxygen atoms in total. The molecule has 12 heavy (non-hydrogen) atoms. The second-order valence-corrected chi connectivity index (χ2v) is 4.68. The summed E-state index contributed by atoms with van der Waals surface area (Å²) in [6.45, 7) is 1.51. The molecule has 0 aromatic carbocycles. The normalized spacial score (nSPS) is 15.2. The van der Waals surface area contributed by atoms with Crippen LogP contribution in [-0.4, -0.2) is 39.6 Å². The summed E-state index contributed by atoms with van der Waals surface area (Å²) in [5.41, 5.74) is 0. The van der Waals surface area contributed by atoms with Crippen LogP contribution in [0.3, 0.4) is 0 Å². The summed E-state index contributed by atoms with van der Waals surface area (Å²) in [7, 11) is 2.97. The van der Waals surface area contributed by atoms with E-state index >= 15 is 0 Å². The van der Waals surface area contributed by atoms with Crippen molar-refractivity contribution in [2.45, 2.75) is 19.1 Å². The number of hydrogen-bond acceptors (Lipinski definition) is 5. The Balaban J connectivity index is 3.60. The van der Waals surface area contributed by atoms with E-state index in [2.05, 4.69) is 4.84 Å². The van der Waals surface area contributed by atoms with Crippen LogP contribution in [0.1, 0.15) is 6.92 Å². The summed E-state index contributed by atoms with van der Waals surface area (Å²) in [6.07, 6.45) is 0.424. The fourth-order valence-corrected chi connectivity index (χ4v) is 1.86. The Morgan fingerprint density at radius 2 is 2.25 bits per heavy atom. The molecular formula is C5H12NO4S2+. The number of aliphatic hydroxyl groups is 1. The molecule has 0 aliphatic rings. The highest BCUT2D eigenvalue weighted by Gasteiger charge is 2.23. The van der Waals surface area contributed by atoms with Gasteiger partial charge in [0.2, 0.25) is 6.10 Å². The maximum Gasteiger partial charge on any atom is 0.475 e. The van der Waals surface area contributed by atoms with E-state index in [9.17, 15) is 10.0 Å². The van der Waals surface area contributed by atoms with E-state index in [1.165, 1.54) is 28.5 Å². The molecule has 0 bridgehead atoms. The molecule has 2 N–H and O–H groups in total. The SMILES string of the molecule is CSSCC(O)C(C)O[N+](=O)O. The standard InChI is InChI=1S/C5H12NO4S2/c1-4(10-6(8)9)5(7)3-12-11-2/h4-5,7H,3H2,1-2H3,(H,8,9)/q+1. The average molecular weight is 214 g/mol. The van der Waals surface area contributed by atoms with Crippen LogP contribution >= 0.6 is 21.6 Å². The van der Waals surface area contributed by atoms with Gasteiger partial charge >= 0.3 is 5.09 Å². The van der Waals surface area contributed by atoms with Crippen LogP contribution < -0.4 is 0 Å². The van der Waals surface area contributed by atoms with E-state index in [1.807, 2.05) is 6.26 Å². The van der Waals surface area contributed by atoms with Crippen molar-refractivity contribution in [1.29, 1.82) is 0 Å². The van der Waals surface area contributed by atoms with Crippen molar-refractivity contribution in [1.82, 2.24) is 0 Å². The zero-order valence-corrected chi connectivity index (χ0v) is 8.47. The first-order valence-electron chi connectivity index (χ1n) is 3.24. The minimum Gasteiger partial charge on any atom is -0.388 e. The minimum absolute atomic E-state index is 0.455. The van der Waals surface area contributed by atoms with Crippen LogP contribution in [-0.2, 0) is 4.84 Å². The fraction of sp³-hybridized carbons (Fsp3) is 1.00. The molecule has 2 atom stereocenters. The molecule has 0 saturated heterocycles. The van der Waals surface area contributed by atoms with Gasteiger partial charge in [-0.05, 0) is 13.2 Å². The number of hydrogen-bond donors (Lipinski definition) is 2. The summed E-state index contributed by atoms with van der Waals surface area (Å²) in [5, 5.41) is 16.8. The van der Waals surface area contributed by atoms with Gasteiger partial charge < -0.3 is 5.11 Å². The van der Waals surface area contributed by atoms with E-state index in [-0.39, 0.29) is 0 Å². The molecule has 0 radical (unpaired) electrons. The van der Waals surface area contributed by atoms with Gasteiger partial charge in [0.15, 0.2) is 0 Å². The van der Waals surface area contributed by atoms with Gasteiger partial charge in [-0.2, -0.15) is 4.84 Å². The third-order valence-electron chi connectivity index (χ3n) is 1.15. The first-order chi connectivity index (χ1) is 5.57. The molecule has 0 aliphatic carbocycles. The zero-order chi connectivity index (χ0) is 9.56. The third-order valence-corrected chi connectivity index (χ3v) is 2.98. The Bertz CT molecular complexity index is 145. The molecule has 0 rings (SSSR count). The summed E-state index contributed by atoms with van der Waals surface area (Å²) in [6, 6.07) is 0. The Morgan fingerprint density at radius 1 is 1.67 bits per heavy atom. The van der Waals surface area contributed by atoms with Gasteiger partial charge in [0, 0.05) is 5.75 Å². The Hall–Kier alpha value is -0.140. The highest BCUT2D eigenvalue weighted by atomic mass is 33.1. The minimum atomic E-state index is -0.758. The molecule has 2 unspecified atom stereocenters. The highest BCUT2D eigenvalue weighted by Crippen LogP contribution is 2.19. The maximum absolute atomic E-state index is 9.96. The molecule has 0 fully saturated rings. The molecule has 0 saturated carbocycles. The third kappa shape index (κ3) is 5.50. The van der Waals surface area contributed by atoms with E-state index in [0.717, 1.165) is 0 Å². The second-order valence-electron chi connectivity index (χ2n) is 2.07. The Kier molecular flexibility index (Phi) is 6.31. The van der Waals surface area contributed by atoms with Crippen LogP contribution in [0.15, 0.2) is 0 Å². The lowest BCUT2D eigenvalue weighted by Crippen LogP contribution is -2.30. The monoisotopic (exact) mass is 214 g/mol. The summed E-state index contributed by atoms with van der Waals surface area (Å²) in [4.78, 5) is 14.2. The molecule has 72 valence electrons. The van der Waals surface area contributed by atoms with Crippen LogP contribution in [0.4, 0.5) is 0 Å². The predicted octanol–water partition coefficient (Wildman–Crippen LogP) is 0.847. The molecule has 0 aromatic heterocycles.